The molecule has 0 radical (unpaired) electrons. The molecule has 1 atom stereocenters. The summed E-state index contributed by atoms with van der Waals surface area (Å²) in [7, 11) is 1.65. The third-order valence-corrected chi connectivity index (χ3v) is 3.76. The number of ether oxygens (including phenoxy) is 1. The topological polar surface area (TPSA) is 41.6 Å². The van der Waals surface area contributed by atoms with Gasteiger partial charge in [0.05, 0.1) is 13.2 Å². The summed E-state index contributed by atoms with van der Waals surface area (Å²) in [6.45, 7) is 7.74. The largest absolute Gasteiger partial charge is 0.496 e. The Morgan fingerprint density at radius 2 is 2.05 bits per heavy atom. The van der Waals surface area contributed by atoms with E-state index in [0.29, 0.717) is 0 Å². The summed E-state index contributed by atoms with van der Waals surface area (Å²) >= 11 is 0. The lowest BCUT2D eigenvalue weighted by Gasteiger charge is -2.31. The van der Waals surface area contributed by atoms with Gasteiger partial charge in [0.2, 0.25) is 0 Å². The third kappa shape index (κ3) is 3.14. The molecule has 0 bridgehead atoms. The minimum atomic E-state index is -0.0603. The van der Waals surface area contributed by atoms with E-state index in [1.54, 1.807) is 7.11 Å². The van der Waals surface area contributed by atoms with E-state index in [-0.39, 0.29) is 11.8 Å². The Morgan fingerprint density at radius 3 is 2.63 bits per heavy atom. The molecule has 1 fully saturated rings. The van der Waals surface area contributed by atoms with Crippen LogP contribution in [-0.4, -0.2) is 50.0 Å². The fourth-order valence-electron chi connectivity index (χ4n) is 2.51. The Hall–Kier alpha value is -1.39. The van der Waals surface area contributed by atoms with Crippen molar-refractivity contribution in [2.75, 3.05) is 33.3 Å². The van der Waals surface area contributed by atoms with Gasteiger partial charge in [-0.3, -0.25) is 9.69 Å². The van der Waals surface area contributed by atoms with Crippen molar-refractivity contribution in [2.45, 2.75) is 19.9 Å². The third-order valence-electron chi connectivity index (χ3n) is 3.76. The summed E-state index contributed by atoms with van der Waals surface area (Å²) in [5, 5.41) is 3.30. The molecule has 1 aromatic rings. The quantitative estimate of drug-likeness (QED) is 0.835. The van der Waals surface area contributed by atoms with E-state index in [0.717, 1.165) is 43.1 Å². The van der Waals surface area contributed by atoms with E-state index >= 15 is 0 Å². The lowest BCUT2D eigenvalue weighted by Crippen LogP contribution is -2.50. The molecule has 0 saturated carbocycles. The molecule has 4 nitrogen and oxygen atoms in total. The number of carbonyl (C=O) groups excluding carboxylic acids is 1. The second-order valence-electron chi connectivity index (χ2n) is 5.01. The van der Waals surface area contributed by atoms with Gasteiger partial charge in [0.25, 0.3) is 0 Å². The predicted octanol–water partition coefficient (Wildman–Crippen LogP) is 1.48. The summed E-state index contributed by atoms with van der Waals surface area (Å²) in [5.41, 5.74) is 1.77. The number of hydrogen-bond donors (Lipinski definition) is 1. The number of benzene rings is 1. The van der Waals surface area contributed by atoms with Crippen LogP contribution in [0.15, 0.2) is 18.2 Å². The minimum absolute atomic E-state index is 0.0603. The standard InChI is InChI=1S/C15H22N2O2/c1-11-10-13(4-5-14(11)19-3)15(18)12(2)17-8-6-16-7-9-17/h4-5,10,12,16H,6-9H2,1-3H3. The zero-order valence-electron chi connectivity index (χ0n) is 11.9. The first-order valence-electron chi connectivity index (χ1n) is 6.77. The fourth-order valence-corrected chi connectivity index (χ4v) is 2.51. The number of nitrogens with one attached hydrogen (secondary N) is 1. The van der Waals surface area contributed by atoms with Gasteiger partial charge in [-0.2, -0.15) is 0 Å². The van der Waals surface area contributed by atoms with E-state index in [4.69, 9.17) is 4.74 Å². The maximum atomic E-state index is 12.5. The molecule has 19 heavy (non-hydrogen) atoms. The molecule has 1 aliphatic heterocycles. The smallest absolute Gasteiger partial charge is 0.179 e. The average Bonchev–Trinajstić information content (AvgIpc) is 2.46. The molecular weight excluding hydrogens is 240 g/mol. The van der Waals surface area contributed by atoms with Crippen molar-refractivity contribution < 1.29 is 9.53 Å². The van der Waals surface area contributed by atoms with E-state index in [9.17, 15) is 4.79 Å². The molecule has 104 valence electrons. The van der Waals surface area contributed by atoms with Gasteiger partial charge in [-0.25, -0.2) is 0 Å². The predicted molar refractivity (Wildman–Crippen MR) is 76.0 cm³/mol. The molecule has 1 aromatic carbocycles. The first-order chi connectivity index (χ1) is 9.13. The highest BCUT2D eigenvalue weighted by Crippen LogP contribution is 2.20. The second-order valence-corrected chi connectivity index (χ2v) is 5.01. The van der Waals surface area contributed by atoms with Gasteiger partial charge in [0.1, 0.15) is 5.75 Å². The summed E-state index contributed by atoms with van der Waals surface area (Å²) in [4.78, 5) is 14.7. The van der Waals surface area contributed by atoms with Crippen LogP contribution in [0.4, 0.5) is 0 Å². The maximum Gasteiger partial charge on any atom is 0.179 e. The molecule has 4 heteroatoms. The van der Waals surface area contributed by atoms with Crippen LogP contribution in [0.3, 0.4) is 0 Å². The molecule has 1 aliphatic rings. The molecule has 0 aromatic heterocycles. The zero-order chi connectivity index (χ0) is 13.8. The highest BCUT2D eigenvalue weighted by atomic mass is 16.5. The van der Waals surface area contributed by atoms with Gasteiger partial charge in [0, 0.05) is 31.7 Å². The van der Waals surface area contributed by atoms with Crippen LogP contribution in [0.1, 0.15) is 22.8 Å². The Morgan fingerprint density at radius 1 is 1.37 bits per heavy atom. The van der Waals surface area contributed by atoms with Gasteiger partial charge in [-0.15, -0.1) is 0 Å². The number of piperazine rings is 1. The first-order valence-corrected chi connectivity index (χ1v) is 6.77. The molecule has 1 unspecified atom stereocenters. The summed E-state index contributed by atoms with van der Waals surface area (Å²) in [6, 6.07) is 5.58. The molecule has 1 saturated heterocycles. The van der Waals surface area contributed by atoms with Gasteiger partial charge < -0.3 is 10.1 Å². The van der Waals surface area contributed by atoms with Crippen LogP contribution in [0.5, 0.6) is 5.75 Å². The van der Waals surface area contributed by atoms with Crippen molar-refractivity contribution in [1.82, 2.24) is 10.2 Å². The van der Waals surface area contributed by atoms with E-state index in [1.807, 2.05) is 32.0 Å². The van der Waals surface area contributed by atoms with Gasteiger partial charge in [-0.05, 0) is 37.6 Å². The number of rotatable bonds is 4. The average molecular weight is 262 g/mol. The normalized spacial score (nSPS) is 18.1. The van der Waals surface area contributed by atoms with Crippen LogP contribution in [0, 0.1) is 6.92 Å². The van der Waals surface area contributed by atoms with Crippen molar-refractivity contribution in [2.24, 2.45) is 0 Å². The van der Waals surface area contributed by atoms with Crippen LogP contribution >= 0.6 is 0 Å². The molecular formula is C15H22N2O2. The van der Waals surface area contributed by atoms with Gasteiger partial charge in [-0.1, -0.05) is 0 Å². The van der Waals surface area contributed by atoms with Crippen molar-refractivity contribution in [1.29, 1.82) is 0 Å². The molecule has 1 N–H and O–H groups in total. The number of carbonyl (C=O) groups is 1. The Kier molecular flexibility index (Phi) is 4.56. The first kappa shape index (κ1) is 14.0. The SMILES string of the molecule is COc1ccc(C(=O)C(C)N2CCNCC2)cc1C. The summed E-state index contributed by atoms with van der Waals surface area (Å²) in [6.07, 6.45) is 0. The number of methoxy groups -OCH3 is 1. The Bertz CT molecular complexity index is 453. The molecule has 1 heterocycles. The number of Topliss-reactive ketones (excluding diaryl/α,β-unsaturated/α-hetero) is 1. The molecule has 0 aliphatic carbocycles. The minimum Gasteiger partial charge on any atom is -0.496 e. The fraction of sp³-hybridized carbons (Fsp3) is 0.533. The highest BCUT2D eigenvalue weighted by molar-refractivity contribution is 6.00. The monoisotopic (exact) mass is 262 g/mol. The number of hydrogen-bond acceptors (Lipinski definition) is 4. The summed E-state index contributed by atoms with van der Waals surface area (Å²) < 4.78 is 5.23. The van der Waals surface area contributed by atoms with Crippen LogP contribution < -0.4 is 10.1 Å². The van der Waals surface area contributed by atoms with Crippen molar-refractivity contribution >= 4 is 5.78 Å². The van der Waals surface area contributed by atoms with Gasteiger partial charge >= 0.3 is 0 Å². The van der Waals surface area contributed by atoms with Crippen LogP contribution in [0.2, 0.25) is 0 Å². The molecule has 2 rings (SSSR count). The van der Waals surface area contributed by atoms with E-state index in [2.05, 4.69) is 10.2 Å². The van der Waals surface area contributed by atoms with E-state index < -0.39 is 0 Å². The second kappa shape index (κ2) is 6.17. The number of nitrogens with zero attached hydrogens (tertiary/aromatic N) is 1. The Labute approximate surface area is 114 Å². The lowest BCUT2D eigenvalue weighted by atomic mass is 10.0. The van der Waals surface area contributed by atoms with Gasteiger partial charge in [0.15, 0.2) is 5.78 Å². The van der Waals surface area contributed by atoms with Crippen molar-refractivity contribution in [3.63, 3.8) is 0 Å². The summed E-state index contributed by atoms with van der Waals surface area (Å²) in [5.74, 6) is 1.01. The number of ketones is 1. The lowest BCUT2D eigenvalue weighted by molar-refractivity contribution is 0.0820. The van der Waals surface area contributed by atoms with Crippen molar-refractivity contribution in [3.8, 4) is 5.75 Å². The van der Waals surface area contributed by atoms with Crippen LogP contribution in [0.25, 0.3) is 0 Å². The van der Waals surface area contributed by atoms with Crippen LogP contribution in [-0.2, 0) is 0 Å². The zero-order valence-corrected chi connectivity index (χ0v) is 11.9. The molecule has 0 amide bonds. The van der Waals surface area contributed by atoms with E-state index in [1.165, 1.54) is 0 Å². The maximum absolute atomic E-state index is 12.5. The highest BCUT2D eigenvalue weighted by Gasteiger charge is 2.23. The Balaban J connectivity index is 2.12. The van der Waals surface area contributed by atoms with Crippen molar-refractivity contribution in [3.05, 3.63) is 29.3 Å². The molecule has 0 spiro atoms. The number of aryl methyl sites for hydroxylation is 1.